The van der Waals surface area contributed by atoms with Crippen molar-refractivity contribution in [3.05, 3.63) is 52.4 Å². The van der Waals surface area contributed by atoms with E-state index in [1.54, 1.807) is 0 Å². The largest absolute Gasteiger partial charge is 0.369 e. The summed E-state index contributed by atoms with van der Waals surface area (Å²) < 4.78 is 1.93. The molecule has 0 bridgehead atoms. The van der Waals surface area contributed by atoms with Crippen molar-refractivity contribution in [2.75, 3.05) is 36.4 Å². The van der Waals surface area contributed by atoms with Crippen molar-refractivity contribution < 1.29 is 0 Å². The highest BCUT2D eigenvalue weighted by Gasteiger charge is 2.22. The van der Waals surface area contributed by atoms with Gasteiger partial charge in [-0.2, -0.15) is 4.98 Å². The Labute approximate surface area is 182 Å². The summed E-state index contributed by atoms with van der Waals surface area (Å²) in [6.07, 6.45) is 6.99. The number of aryl methyl sites for hydroxylation is 1. The summed E-state index contributed by atoms with van der Waals surface area (Å²) in [7, 11) is 0. The molecule has 2 aromatic heterocycles. The molecule has 3 aromatic rings. The normalized spacial score (nSPS) is 17.4. The van der Waals surface area contributed by atoms with Crippen LogP contribution in [0.25, 0.3) is 11.0 Å². The molecular formula is C24H30N6O. The second kappa shape index (κ2) is 8.67. The van der Waals surface area contributed by atoms with E-state index in [0.717, 1.165) is 67.7 Å². The molecule has 2 fully saturated rings. The average Bonchev–Trinajstić information content (AvgIpc) is 3.34. The van der Waals surface area contributed by atoms with Crippen molar-refractivity contribution in [1.29, 1.82) is 0 Å². The first-order chi connectivity index (χ1) is 15.2. The molecule has 3 heterocycles. The van der Waals surface area contributed by atoms with E-state index >= 15 is 0 Å². The van der Waals surface area contributed by atoms with Gasteiger partial charge in [0.2, 0.25) is 5.95 Å². The van der Waals surface area contributed by atoms with E-state index < -0.39 is 0 Å². The van der Waals surface area contributed by atoms with Crippen LogP contribution in [0.4, 0.5) is 17.3 Å². The molecule has 1 aliphatic carbocycles. The van der Waals surface area contributed by atoms with Crippen LogP contribution in [0.15, 0.2) is 41.3 Å². The van der Waals surface area contributed by atoms with Crippen LogP contribution in [0, 0.1) is 0 Å². The third-order valence-electron chi connectivity index (χ3n) is 6.52. The quantitative estimate of drug-likeness (QED) is 0.659. The third kappa shape index (κ3) is 4.02. The second-order valence-corrected chi connectivity index (χ2v) is 8.52. The zero-order valence-corrected chi connectivity index (χ0v) is 18.1. The lowest BCUT2D eigenvalue weighted by atomic mass is 10.1. The third-order valence-corrected chi connectivity index (χ3v) is 6.52. The zero-order chi connectivity index (χ0) is 21.2. The van der Waals surface area contributed by atoms with Crippen molar-refractivity contribution in [3.8, 4) is 0 Å². The molecule has 7 heteroatoms. The number of hydrogen-bond donors (Lipinski definition) is 2. The van der Waals surface area contributed by atoms with E-state index in [1.165, 1.54) is 18.5 Å². The molecule has 1 saturated carbocycles. The molecule has 0 unspecified atom stereocenters. The summed E-state index contributed by atoms with van der Waals surface area (Å²) in [6.45, 7) is 6.13. The van der Waals surface area contributed by atoms with Crippen LogP contribution in [0.1, 0.15) is 44.2 Å². The Kier molecular flexibility index (Phi) is 5.59. The van der Waals surface area contributed by atoms with E-state index in [9.17, 15) is 4.79 Å². The van der Waals surface area contributed by atoms with Crippen LogP contribution < -0.4 is 21.1 Å². The molecule has 5 rings (SSSR count). The molecular weight excluding hydrogens is 388 g/mol. The molecule has 31 heavy (non-hydrogen) atoms. The molecule has 1 saturated heterocycles. The smallest absolute Gasteiger partial charge is 0.255 e. The Balaban J connectivity index is 1.45. The Morgan fingerprint density at radius 3 is 2.58 bits per heavy atom. The number of benzene rings is 1. The second-order valence-electron chi connectivity index (χ2n) is 8.52. The first-order valence-corrected chi connectivity index (χ1v) is 11.5. The lowest BCUT2D eigenvalue weighted by molar-refractivity contribution is 0.513. The Morgan fingerprint density at radius 2 is 1.87 bits per heavy atom. The van der Waals surface area contributed by atoms with Gasteiger partial charge in [-0.3, -0.25) is 9.36 Å². The van der Waals surface area contributed by atoms with Crippen LogP contribution in [0.2, 0.25) is 0 Å². The Bertz CT molecular complexity index is 1110. The summed E-state index contributed by atoms with van der Waals surface area (Å²) in [5, 5.41) is 7.64. The summed E-state index contributed by atoms with van der Waals surface area (Å²) in [4.78, 5) is 24.8. The van der Waals surface area contributed by atoms with Crippen LogP contribution >= 0.6 is 0 Å². The van der Waals surface area contributed by atoms with Gasteiger partial charge >= 0.3 is 0 Å². The summed E-state index contributed by atoms with van der Waals surface area (Å²) in [5.41, 5.74) is 3.86. The van der Waals surface area contributed by atoms with E-state index in [-0.39, 0.29) is 11.6 Å². The number of nitrogens with zero attached hydrogens (tertiary/aromatic N) is 4. The summed E-state index contributed by atoms with van der Waals surface area (Å²) in [6, 6.07) is 10.6. The van der Waals surface area contributed by atoms with Gasteiger partial charge < -0.3 is 15.5 Å². The van der Waals surface area contributed by atoms with Crippen molar-refractivity contribution in [1.82, 2.24) is 19.9 Å². The fourth-order valence-electron chi connectivity index (χ4n) is 4.80. The van der Waals surface area contributed by atoms with Gasteiger partial charge in [0.1, 0.15) is 5.65 Å². The van der Waals surface area contributed by atoms with E-state index in [0.29, 0.717) is 5.95 Å². The van der Waals surface area contributed by atoms with Gasteiger partial charge in [-0.05, 0) is 49.6 Å². The number of fused-ring (bicyclic) bond motifs is 1. The minimum atomic E-state index is 0.104. The Hall–Kier alpha value is -2.93. The van der Waals surface area contributed by atoms with E-state index in [2.05, 4.69) is 44.8 Å². The highest BCUT2D eigenvalue weighted by atomic mass is 16.1. The molecule has 0 radical (unpaired) electrons. The minimum Gasteiger partial charge on any atom is -0.369 e. The van der Waals surface area contributed by atoms with Gasteiger partial charge in [-0.1, -0.05) is 19.8 Å². The van der Waals surface area contributed by atoms with Crippen LogP contribution in [-0.2, 0) is 6.42 Å². The average molecular weight is 419 g/mol. The number of anilines is 3. The van der Waals surface area contributed by atoms with E-state index in [4.69, 9.17) is 4.98 Å². The van der Waals surface area contributed by atoms with Crippen molar-refractivity contribution in [2.24, 2.45) is 0 Å². The molecule has 162 valence electrons. The van der Waals surface area contributed by atoms with Crippen molar-refractivity contribution in [3.63, 3.8) is 0 Å². The molecule has 1 aliphatic heterocycles. The monoisotopic (exact) mass is 418 g/mol. The predicted molar refractivity (Wildman–Crippen MR) is 125 cm³/mol. The number of hydrogen-bond acceptors (Lipinski definition) is 6. The highest BCUT2D eigenvalue weighted by molar-refractivity contribution is 5.77. The molecule has 7 nitrogen and oxygen atoms in total. The topological polar surface area (TPSA) is 75.1 Å². The maximum atomic E-state index is 13.1. The summed E-state index contributed by atoms with van der Waals surface area (Å²) >= 11 is 0. The van der Waals surface area contributed by atoms with Gasteiger partial charge in [-0.15, -0.1) is 0 Å². The highest BCUT2D eigenvalue weighted by Crippen LogP contribution is 2.31. The predicted octanol–water partition coefficient (Wildman–Crippen LogP) is 3.62. The first kappa shape index (κ1) is 20.0. The number of pyridine rings is 1. The van der Waals surface area contributed by atoms with Gasteiger partial charge in [0.05, 0.1) is 0 Å². The van der Waals surface area contributed by atoms with Crippen LogP contribution in [0.5, 0.6) is 0 Å². The number of piperazine rings is 1. The van der Waals surface area contributed by atoms with Crippen molar-refractivity contribution >= 4 is 28.4 Å². The van der Waals surface area contributed by atoms with Gasteiger partial charge in [0.15, 0.2) is 0 Å². The first-order valence-electron chi connectivity index (χ1n) is 11.5. The van der Waals surface area contributed by atoms with E-state index in [1.807, 2.05) is 23.8 Å². The SMILES string of the molecule is CCc1cc2cnc(Nc3ccc(N4CCNCC4)cc3)nc2n(C2CCCC2)c1=O. The van der Waals surface area contributed by atoms with Gasteiger partial charge in [0, 0.05) is 60.7 Å². The number of aromatic nitrogens is 3. The molecule has 0 amide bonds. The molecule has 0 spiro atoms. The van der Waals surface area contributed by atoms with Gasteiger partial charge in [0.25, 0.3) is 5.56 Å². The molecule has 2 N–H and O–H groups in total. The maximum absolute atomic E-state index is 13.1. The fraction of sp³-hybridized carbons (Fsp3) is 0.458. The van der Waals surface area contributed by atoms with Crippen LogP contribution in [-0.4, -0.2) is 40.7 Å². The van der Waals surface area contributed by atoms with Crippen LogP contribution in [0.3, 0.4) is 0 Å². The molecule has 2 aliphatic rings. The Morgan fingerprint density at radius 1 is 1.13 bits per heavy atom. The zero-order valence-electron chi connectivity index (χ0n) is 18.1. The molecule has 1 aromatic carbocycles. The standard InChI is InChI=1S/C24H30N6O/c1-2-17-15-18-16-26-24(28-22(18)30(23(17)31)21-5-3-4-6-21)27-19-7-9-20(10-8-19)29-13-11-25-12-14-29/h7-10,15-16,21,25H,2-6,11-14H2,1H3,(H,26,27,28). The van der Waals surface area contributed by atoms with Gasteiger partial charge in [-0.25, -0.2) is 4.98 Å². The lowest BCUT2D eigenvalue weighted by Crippen LogP contribution is -2.43. The molecule has 0 atom stereocenters. The minimum absolute atomic E-state index is 0.104. The maximum Gasteiger partial charge on any atom is 0.255 e. The number of nitrogens with one attached hydrogen (secondary N) is 2. The summed E-state index contributed by atoms with van der Waals surface area (Å²) in [5.74, 6) is 0.526. The number of rotatable bonds is 5. The lowest BCUT2D eigenvalue weighted by Gasteiger charge is -2.29. The van der Waals surface area contributed by atoms with Crippen molar-refractivity contribution in [2.45, 2.75) is 45.1 Å². The fourth-order valence-corrected chi connectivity index (χ4v) is 4.80.